The summed E-state index contributed by atoms with van der Waals surface area (Å²) in [6, 6.07) is 9.27. The first-order valence-corrected chi connectivity index (χ1v) is 10.9. The normalized spacial score (nSPS) is 20.6. The fraction of sp³-hybridized carbons (Fsp3) is 0.318. The molecule has 4 N–H and O–H groups in total. The molecule has 0 aromatic heterocycles. The molecular formula is C22H22Cl2N4O3. The lowest BCUT2D eigenvalue weighted by Crippen LogP contribution is -2.49. The zero-order valence-corrected chi connectivity index (χ0v) is 18.2. The number of fused-ring (bicyclic) bond motifs is 1. The summed E-state index contributed by atoms with van der Waals surface area (Å²) >= 11 is 12.1. The number of nitrogens with two attached hydrogens (primary N) is 1. The van der Waals surface area contributed by atoms with E-state index in [1.54, 1.807) is 24.3 Å². The second kappa shape index (κ2) is 8.86. The van der Waals surface area contributed by atoms with Crippen LogP contribution in [0.3, 0.4) is 0 Å². The lowest BCUT2D eigenvalue weighted by Gasteiger charge is -2.31. The number of nitrogens with zero attached hydrogens (tertiary/aromatic N) is 1. The molecule has 7 nitrogen and oxygen atoms in total. The topological polar surface area (TPSA) is 105 Å². The van der Waals surface area contributed by atoms with Crippen LogP contribution >= 0.6 is 23.2 Å². The molecular weight excluding hydrogens is 439 g/mol. The minimum Gasteiger partial charge on any atom is -0.348 e. The number of anilines is 2. The van der Waals surface area contributed by atoms with Crippen LogP contribution in [0.5, 0.6) is 0 Å². The number of carbonyl (C=O) groups excluding carboxylic acids is 3. The molecule has 2 aliphatic rings. The molecule has 0 saturated heterocycles. The summed E-state index contributed by atoms with van der Waals surface area (Å²) in [5.41, 5.74) is 7.62. The Bertz CT molecular complexity index is 1060. The van der Waals surface area contributed by atoms with Crippen molar-refractivity contribution in [1.29, 1.82) is 0 Å². The largest absolute Gasteiger partial charge is 0.348 e. The van der Waals surface area contributed by atoms with E-state index in [1.807, 2.05) is 0 Å². The number of hydrogen-bond donors (Lipinski definition) is 3. The van der Waals surface area contributed by atoms with E-state index in [0.717, 1.165) is 25.7 Å². The number of carbonyl (C=O) groups is 3. The number of benzene rings is 2. The summed E-state index contributed by atoms with van der Waals surface area (Å²) in [7, 11) is 0. The van der Waals surface area contributed by atoms with Crippen molar-refractivity contribution in [2.75, 3.05) is 16.8 Å². The fourth-order valence-corrected chi connectivity index (χ4v) is 4.50. The van der Waals surface area contributed by atoms with Gasteiger partial charge in [-0.05, 0) is 49.2 Å². The van der Waals surface area contributed by atoms with Crippen LogP contribution < -0.4 is 21.3 Å². The standard InChI is InChI=1S/C22H22Cl2N4O3/c23-13-6-7-14(15(24)10-13)22(31)28-11-20(29)26-18-9-12(5-8-19(18)28)21(30)27-17-4-2-1-3-16(17)25/h5-10,16-17H,1-4,11,25H2,(H,26,29)(H,27,30). The SMILES string of the molecule is NC1CCCCC1NC(=O)c1ccc2c(c1)NC(=O)CN2C(=O)c1ccc(Cl)cc1Cl. The highest BCUT2D eigenvalue weighted by atomic mass is 35.5. The Hall–Kier alpha value is -2.61. The van der Waals surface area contributed by atoms with Gasteiger partial charge < -0.3 is 16.4 Å². The molecule has 9 heteroatoms. The van der Waals surface area contributed by atoms with E-state index in [2.05, 4.69) is 10.6 Å². The van der Waals surface area contributed by atoms with Gasteiger partial charge in [-0.2, -0.15) is 0 Å². The molecule has 1 heterocycles. The summed E-state index contributed by atoms with van der Waals surface area (Å²) in [6.45, 7) is -0.159. The highest BCUT2D eigenvalue weighted by Gasteiger charge is 2.30. The average Bonchev–Trinajstić information content (AvgIpc) is 2.73. The van der Waals surface area contributed by atoms with Gasteiger partial charge in [0.2, 0.25) is 5.91 Å². The van der Waals surface area contributed by atoms with Crippen LogP contribution in [-0.4, -0.2) is 36.3 Å². The van der Waals surface area contributed by atoms with Gasteiger partial charge in [-0.1, -0.05) is 36.0 Å². The van der Waals surface area contributed by atoms with Gasteiger partial charge in [0.25, 0.3) is 11.8 Å². The Balaban J connectivity index is 1.59. The first kappa shape index (κ1) is 21.6. The monoisotopic (exact) mass is 460 g/mol. The average molecular weight is 461 g/mol. The zero-order chi connectivity index (χ0) is 22.1. The van der Waals surface area contributed by atoms with E-state index in [0.29, 0.717) is 22.0 Å². The minimum atomic E-state index is -0.428. The van der Waals surface area contributed by atoms with Gasteiger partial charge in [0.1, 0.15) is 6.54 Å². The van der Waals surface area contributed by atoms with Gasteiger partial charge in [0.15, 0.2) is 0 Å². The molecule has 2 aromatic rings. The molecule has 2 unspecified atom stereocenters. The molecule has 3 amide bonds. The molecule has 0 bridgehead atoms. The smallest absolute Gasteiger partial charge is 0.260 e. The van der Waals surface area contributed by atoms with Crippen LogP contribution in [0, 0.1) is 0 Å². The van der Waals surface area contributed by atoms with Gasteiger partial charge in [-0.3, -0.25) is 19.3 Å². The second-order valence-electron chi connectivity index (χ2n) is 7.82. The summed E-state index contributed by atoms with van der Waals surface area (Å²) in [5.74, 6) is -1.05. The minimum absolute atomic E-state index is 0.0627. The molecule has 4 rings (SSSR count). The van der Waals surface area contributed by atoms with E-state index in [1.165, 1.54) is 17.0 Å². The van der Waals surface area contributed by atoms with Gasteiger partial charge in [0.05, 0.1) is 22.0 Å². The molecule has 1 aliphatic carbocycles. The quantitative estimate of drug-likeness (QED) is 0.650. The van der Waals surface area contributed by atoms with Crippen molar-refractivity contribution in [2.45, 2.75) is 37.8 Å². The van der Waals surface area contributed by atoms with Gasteiger partial charge in [-0.25, -0.2) is 0 Å². The van der Waals surface area contributed by atoms with Crippen LogP contribution in [0.25, 0.3) is 0 Å². The molecule has 162 valence electrons. The molecule has 1 fully saturated rings. The Morgan fingerprint density at radius 3 is 2.61 bits per heavy atom. The Morgan fingerprint density at radius 1 is 1.10 bits per heavy atom. The van der Waals surface area contributed by atoms with Crippen molar-refractivity contribution in [3.63, 3.8) is 0 Å². The predicted octanol–water partition coefficient (Wildman–Crippen LogP) is 3.59. The molecule has 2 atom stereocenters. The van der Waals surface area contributed by atoms with Crippen molar-refractivity contribution in [3.05, 3.63) is 57.6 Å². The summed E-state index contributed by atoms with van der Waals surface area (Å²) in [4.78, 5) is 39.4. The Kier molecular flexibility index (Phi) is 6.18. The van der Waals surface area contributed by atoms with Crippen LogP contribution in [-0.2, 0) is 4.79 Å². The van der Waals surface area contributed by atoms with Crippen LogP contribution in [0.1, 0.15) is 46.4 Å². The number of halogens is 2. The van der Waals surface area contributed by atoms with Crippen molar-refractivity contribution in [2.24, 2.45) is 5.73 Å². The lowest BCUT2D eigenvalue weighted by atomic mass is 9.91. The maximum Gasteiger partial charge on any atom is 0.260 e. The maximum absolute atomic E-state index is 13.1. The van der Waals surface area contributed by atoms with E-state index in [9.17, 15) is 14.4 Å². The summed E-state index contributed by atoms with van der Waals surface area (Å²) in [5, 5.41) is 6.33. The predicted molar refractivity (Wildman–Crippen MR) is 121 cm³/mol. The van der Waals surface area contributed by atoms with Crippen LogP contribution in [0.4, 0.5) is 11.4 Å². The zero-order valence-electron chi connectivity index (χ0n) is 16.7. The maximum atomic E-state index is 13.1. The number of amides is 3. The first-order valence-electron chi connectivity index (χ1n) is 10.1. The number of hydrogen-bond acceptors (Lipinski definition) is 4. The molecule has 1 aliphatic heterocycles. The third-order valence-corrected chi connectivity index (χ3v) is 6.22. The van der Waals surface area contributed by atoms with E-state index < -0.39 is 5.91 Å². The Morgan fingerprint density at radius 2 is 1.87 bits per heavy atom. The molecule has 1 saturated carbocycles. The number of rotatable bonds is 3. The van der Waals surface area contributed by atoms with Gasteiger partial charge in [-0.15, -0.1) is 0 Å². The van der Waals surface area contributed by atoms with Crippen LogP contribution in [0.15, 0.2) is 36.4 Å². The van der Waals surface area contributed by atoms with Crippen molar-refractivity contribution >= 4 is 52.3 Å². The molecule has 31 heavy (non-hydrogen) atoms. The van der Waals surface area contributed by atoms with Gasteiger partial charge in [0, 0.05) is 22.7 Å². The van der Waals surface area contributed by atoms with E-state index in [4.69, 9.17) is 28.9 Å². The van der Waals surface area contributed by atoms with Crippen LogP contribution in [0.2, 0.25) is 10.0 Å². The summed E-state index contributed by atoms with van der Waals surface area (Å²) in [6.07, 6.45) is 3.83. The van der Waals surface area contributed by atoms with E-state index in [-0.39, 0.29) is 41.0 Å². The third-order valence-electron chi connectivity index (χ3n) is 5.67. The molecule has 0 radical (unpaired) electrons. The number of nitrogens with one attached hydrogen (secondary N) is 2. The first-order chi connectivity index (χ1) is 14.8. The second-order valence-corrected chi connectivity index (χ2v) is 8.67. The summed E-state index contributed by atoms with van der Waals surface area (Å²) < 4.78 is 0. The Labute approximate surface area is 189 Å². The third kappa shape index (κ3) is 4.54. The highest BCUT2D eigenvalue weighted by molar-refractivity contribution is 6.37. The fourth-order valence-electron chi connectivity index (χ4n) is 4.01. The van der Waals surface area contributed by atoms with Crippen molar-refractivity contribution in [1.82, 2.24) is 5.32 Å². The molecule has 0 spiro atoms. The van der Waals surface area contributed by atoms with Crippen molar-refractivity contribution < 1.29 is 14.4 Å². The van der Waals surface area contributed by atoms with E-state index >= 15 is 0 Å². The molecule has 2 aromatic carbocycles. The van der Waals surface area contributed by atoms with Crippen molar-refractivity contribution in [3.8, 4) is 0 Å². The lowest BCUT2D eigenvalue weighted by molar-refractivity contribution is -0.115. The van der Waals surface area contributed by atoms with Gasteiger partial charge >= 0.3 is 0 Å². The highest BCUT2D eigenvalue weighted by Crippen LogP contribution is 2.33.